The van der Waals surface area contributed by atoms with Gasteiger partial charge in [-0.1, -0.05) is 12.1 Å². The van der Waals surface area contributed by atoms with Crippen molar-refractivity contribution >= 4 is 11.7 Å². The number of nitrogens with two attached hydrogens (primary N) is 1. The number of nitrogens with zero attached hydrogens (tertiary/aromatic N) is 1. The number of carboxylic acid groups (broad SMARTS) is 1. The average molecular weight is 221 g/mol. The lowest BCUT2D eigenvalue weighted by molar-refractivity contribution is -0.136. The molecule has 0 unspecified atom stereocenters. The summed E-state index contributed by atoms with van der Waals surface area (Å²) < 4.78 is 0. The molecule has 0 aliphatic carbocycles. The zero-order chi connectivity index (χ0) is 11.7. The molecule has 5 heteroatoms. The van der Waals surface area contributed by atoms with Gasteiger partial charge in [-0.05, 0) is 30.0 Å². The lowest BCUT2D eigenvalue weighted by atomic mass is 9.99. The molecule has 0 saturated heterocycles. The number of anilines is 1. The van der Waals surface area contributed by atoms with E-state index in [4.69, 9.17) is 10.9 Å². The molecular weight excluding hydrogens is 206 g/mol. The maximum Gasteiger partial charge on any atom is 0.303 e. The Morgan fingerprint density at radius 2 is 2.38 bits per heavy atom. The van der Waals surface area contributed by atoms with Crippen LogP contribution in [0.4, 0.5) is 5.69 Å². The number of carbonyl (C=O) groups is 1. The molecule has 86 valence electrons. The zero-order valence-electron chi connectivity index (χ0n) is 9.16. The monoisotopic (exact) mass is 221 g/mol. The molecule has 16 heavy (non-hydrogen) atoms. The fraction of sp³-hybridized carbons (Fsp3) is 0.364. The Morgan fingerprint density at radius 1 is 1.62 bits per heavy atom. The van der Waals surface area contributed by atoms with Crippen LogP contribution in [0.2, 0.25) is 0 Å². The Bertz CT molecular complexity index is 431. The Hall–Kier alpha value is -1.59. The molecule has 0 atom stereocenters. The third kappa shape index (κ3) is 2.00. The van der Waals surface area contributed by atoms with Gasteiger partial charge in [0, 0.05) is 6.42 Å². The summed E-state index contributed by atoms with van der Waals surface area (Å²) in [5.41, 5.74) is 7.38. The Morgan fingerprint density at radius 3 is 3.06 bits per heavy atom. The van der Waals surface area contributed by atoms with Crippen molar-refractivity contribution in [2.75, 3.05) is 5.43 Å². The Balaban J connectivity index is 2.23. The number of hydrazine groups is 2. The summed E-state index contributed by atoms with van der Waals surface area (Å²) in [6, 6.07) is 3.98. The maximum atomic E-state index is 10.5. The van der Waals surface area contributed by atoms with Crippen molar-refractivity contribution in [3.05, 3.63) is 28.8 Å². The van der Waals surface area contributed by atoms with Gasteiger partial charge in [0.25, 0.3) is 0 Å². The van der Waals surface area contributed by atoms with E-state index in [1.807, 2.05) is 19.1 Å². The summed E-state index contributed by atoms with van der Waals surface area (Å²) in [6.45, 7) is 2.66. The molecule has 0 saturated carbocycles. The van der Waals surface area contributed by atoms with Crippen molar-refractivity contribution in [3.63, 3.8) is 0 Å². The molecule has 0 spiro atoms. The summed E-state index contributed by atoms with van der Waals surface area (Å²) in [5.74, 6) is 4.88. The number of hydrogen-bond donors (Lipinski definition) is 3. The molecule has 0 bridgehead atoms. The third-order valence-electron chi connectivity index (χ3n) is 2.87. The fourth-order valence-corrected chi connectivity index (χ4v) is 1.98. The topological polar surface area (TPSA) is 78.6 Å². The van der Waals surface area contributed by atoms with Gasteiger partial charge in [0.05, 0.1) is 12.2 Å². The van der Waals surface area contributed by atoms with Gasteiger partial charge in [0.15, 0.2) is 0 Å². The van der Waals surface area contributed by atoms with Gasteiger partial charge in [-0.15, -0.1) is 0 Å². The summed E-state index contributed by atoms with van der Waals surface area (Å²) in [4.78, 5) is 10.5. The Labute approximate surface area is 93.8 Å². The minimum atomic E-state index is -0.770. The van der Waals surface area contributed by atoms with Crippen LogP contribution in [0.15, 0.2) is 12.1 Å². The van der Waals surface area contributed by atoms with Crippen molar-refractivity contribution in [2.24, 2.45) is 5.84 Å². The molecule has 5 nitrogen and oxygen atoms in total. The SMILES string of the molecule is Cc1c(CCC(=O)O)ccc2c1NN(N)C2. The second-order valence-corrected chi connectivity index (χ2v) is 4.02. The van der Waals surface area contributed by atoms with Crippen LogP contribution in [0.5, 0.6) is 0 Å². The van der Waals surface area contributed by atoms with E-state index in [0.29, 0.717) is 13.0 Å². The maximum absolute atomic E-state index is 10.5. The number of nitrogens with one attached hydrogen (secondary N) is 1. The summed E-state index contributed by atoms with van der Waals surface area (Å²) in [5, 5.41) is 10.2. The van der Waals surface area contributed by atoms with Crippen molar-refractivity contribution in [3.8, 4) is 0 Å². The molecule has 0 radical (unpaired) electrons. The van der Waals surface area contributed by atoms with Crippen LogP contribution in [0, 0.1) is 6.92 Å². The number of carboxylic acids is 1. The molecular formula is C11H15N3O2. The summed E-state index contributed by atoms with van der Waals surface area (Å²) in [6.07, 6.45) is 0.715. The highest BCUT2D eigenvalue weighted by atomic mass is 16.4. The number of hydrogen-bond acceptors (Lipinski definition) is 4. The molecule has 1 heterocycles. The van der Waals surface area contributed by atoms with E-state index in [1.165, 1.54) is 5.12 Å². The van der Waals surface area contributed by atoms with Gasteiger partial charge >= 0.3 is 5.97 Å². The molecule has 2 rings (SSSR count). The number of aryl methyl sites for hydroxylation is 1. The molecule has 1 aromatic rings. The second kappa shape index (κ2) is 4.11. The minimum Gasteiger partial charge on any atom is -0.481 e. The number of fused-ring (bicyclic) bond motifs is 1. The van der Waals surface area contributed by atoms with Crippen LogP contribution in [0.25, 0.3) is 0 Å². The lowest BCUT2D eigenvalue weighted by Crippen LogP contribution is -2.30. The molecule has 0 fully saturated rings. The first kappa shape index (κ1) is 10.9. The zero-order valence-corrected chi connectivity index (χ0v) is 9.16. The smallest absolute Gasteiger partial charge is 0.303 e. The lowest BCUT2D eigenvalue weighted by Gasteiger charge is -2.11. The van der Waals surface area contributed by atoms with E-state index in [0.717, 1.165) is 22.4 Å². The molecule has 0 amide bonds. The number of rotatable bonds is 3. The highest BCUT2D eigenvalue weighted by molar-refractivity contribution is 5.68. The molecule has 1 aromatic carbocycles. The van der Waals surface area contributed by atoms with Crippen LogP contribution in [0.3, 0.4) is 0 Å². The second-order valence-electron chi connectivity index (χ2n) is 4.02. The normalized spacial score (nSPS) is 14.6. The van der Waals surface area contributed by atoms with E-state index >= 15 is 0 Å². The fourth-order valence-electron chi connectivity index (χ4n) is 1.98. The van der Waals surface area contributed by atoms with Gasteiger partial charge in [0.2, 0.25) is 0 Å². The van der Waals surface area contributed by atoms with Gasteiger partial charge in [0.1, 0.15) is 0 Å². The number of aliphatic carboxylic acids is 1. The highest BCUT2D eigenvalue weighted by Gasteiger charge is 2.18. The van der Waals surface area contributed by atoms with Crippen molar-refractivity contribution in [1.82, 2.24) is 5.12 Å². The van der Waals surface area contributed by atoms with Crippen LogP contribution < -0.4 is 11.3 Å². The average Bonchev–Trinajstić information content (AvgIpc) is 2.58. The first-order valence-corrected chi connectivity index (χ1v) is 5.20. The molecule has 1 aliphatic heterocycles. The Kier molecular flexibility index (Phi) is 2.80. The molecule has 4 N–H and O–H groups in total. The van der Waals surface area contributed by atoms with E-state index in [9.17, 15) is 4.79 Å². The molecule has 0 aromatic heterocycles. The van der Waals surface area contributed by atoms with E-state index in [1.54, 1.807) is 0 Å². The van der Waals surface area contributed by atoms with Crippen molar-refractivity contribution in [2.45, 2.75) is 26.3 Å². The van der Waals surface area contributed by atoms with E-state index in [-0.39, 0.29) is 6.42 Å². The first-order valence-electron chi connectivity index (χ1n) is 5.20. The summed E-state index contributed by atoms with van der Waals surface area (Å²) >= 11 is 0. The van der Waals surface area contributed by atoms with Crippen molar-refractivity contribution in [1.29, 1.82) is 0 Å². The van der Waals surface area contributed by atoms with Crippen LogP contribution >= 0.6 is 0 Å². The third-order valence-corrected chi connectivity index (χ3v) is 2.87. The van der Waals surface area contributed by atoms with Crippen molar-refractivity contribution < 1.29 is 9.90 Å². The van der Waals surface area contributed by atoms with Gasteiger partial charge < -0.3 is 10.5 Å². The predicted molar refractivity (Wildman–Crippen MR) is 60.5 cm³/mol. The predicted octanol–water partition coefficient (Wildman–Crippen LogP) is 1.03. The number of benzene rings is 1. The van der Waals surface area contributed by atoms with Gasteiger partial charge in [-0.2, -0.15) is 5.12 Å². The van der Waals surface area contributed by atoms with Gasteiger partial charge in [-0.25, -0.2) is 0 Å². The van der Waals surface area contributed by atoms with E-state index < -0.39 is 5.97 Å². The summed E-state index contributed by atoms with van der Waals surface area (Å²) in [7, 11) is 0. The van der Waals surface area contributed by atoms with Gasteiger partial charge in [-0.3, -0.25) is 10.6 Å². The van der Waals surface area contributed by atoms with E-state index in [2.05, 4.69) is 5.43 Å². The highest BCUT2D eigenvalue weighted by Crippen LogP contribution is 2.29. The standard InChI is InChI=1S/C11H15N3O2/c1-7-8(4-5-10(15)16)2-3-9-6-14(12)13-11(7)9/h2-3,13H,4-6,12H2,1H3,(H,15,16). The quantitative estimate of drug-likeness (QED) is 0.664. The first-order chi connectivity index (χ1) is 7.58. The van der Waals surface area contributed by atoms with Crippen LogP contribution in [0.1, 0.15) is 23.1 Å². The van der Waals surface area contributed by atoms with Crippen LogP contribution in [-0.4, -0.2) is 16.2 Å². The molecule has 1 aliphatic rings. The largest absolute Gasteiger partial charge is 0.481 e. The minimum absolute atomic E-state index is 0.159. The van der Waals surface area contributed by atoms with Crippen LogP contribution in [-0.2, 0) is 17.8 Å².